The van der Waals surface area contributed by atoms with E-state index in [0.29, 0.717) is 16.7 Å². The summed E-state index contributed by atoms with van der Waals surface area (Å²) in [5.74, 6) is 1.14. The minimum Gasteiger partial charge on any atom is -0.495 e. The average molecular weight is 315 g/mol. The molecule has 1 aromatic carbocycles. The van der Waals surface area contributed by atoms with Crippen LogP contribution in [0.4, 0.5) is 11.6 Å². The second-order valence-corrected chi connectivity index (χ2v) is 4.52. The number of hydrogen-bond acceptors (Lipinski definition) is 4. The van der Waals surface area contributed by atoms with E-state index < -0.39 is 0 Å². The molecule has 0 aliphatic heterocycles. The largest absolute Gasteiger partial charge is 0.495 e. The molecule has 0 aliphatic carbocycles. The number of benzene rings is 1. The highest BCUT2D eigenvalue weighted by atomic mass is 79.9. The van der Waals surface area contributed by atoms with E-state index in [1.807, 2.05) is 6.07 Å². The lowest BCUT2D eigenvalue weighted by Crippen LogP contribution is -1.96. The Kier molecular flexibility index (Phi) is 3.81. The summed E-state index contributed by atoms with van der Waals surface area (Å²) in [4.78, 5) is 8.20. The van der Waals surface area contributed by atoms with Gasteiger partial charge in [0, 0.05) is 18.1 Å². The lowest BCUT2D eigenvalue weighted by molar-refractivity contribution is 0.415. The summed E-state index contributed by atoms with van der Waals surface area (Å²) in [6.45, 7) is 0. The first kappa shape index (κ1) is 12.1. The number of hydrogen-bond donors (Lipinski definition) is 1. The highest BCUT2D eigenvalue weighted by Gasteiger charge is 2.03. The molecule has 0 fully saturated rings. The molecule has 0 amide bonds. The van der Waals surface area contributed by atoms with E-state index in [9.17, 15) is 0 Å². The van der Waals surface area contributed by atoms with Crippen molar-refractivity contribution >= 4 is 39.2 Å². The van der Waals surface area contributed by atoms with Gasteiger partial charge in [0.1, 0.15) is 5.75 Å². The van der Waals surface area contributed by atoms with Gasteiger partial charge in [0.15, 0.2) is 0 Å². The fourth-order valence-corrected chi connectivity index (χ4v) is 1.71. The summed E-state index contributed by atoms with van der Waals surface area (Å²) < 4.78 is 5.90. The molecular formula is C11H9BrClN3O. The van der Waals surface area contributed by atoms with Gasteiger partial charge < -0.3 is 10.1 Å². The third-order valence-electron chi connectivity index (χ3n) is 2.03. The van der Waals surface area contributed by atoms with E-state index in [1.54, 1.807) is 31.6 Å². The number of rotatable bonds is 3. The van der Waals surface area contributed by atoms with Crippen molar-refractivity contribution in [3.05, 3.63) is 40.1 Å². The monoisotopic (exact) mass is 313 g/mol. The maximum atomic E-state index is 6.01. The van der Waals surface area contributed by atoms with E-state index >= 15 is 0 Å². The molecule has 1 N–H and O–H groups in total. The second-order valence-electron chi connectivity index (χ2n) is 3.20. The van der Waals surface area contributed by atoms with Gasteiger partial charge in [-0.15, -0.1) is 0 Å². The molecule has 1 aromatic heterocycles. The summed E-state index contributed by atoms with van der Waals surface area (Å²) >= 11 is 9.28. The van der Waals surface area contributed by atoms with Crippen molar-refractivity contribution in [3.63, 3.8) is 0 Å². The zero-order chi connectivity index (χ0) is 12.3. The van der Waals surface area contributed by atoms with Gasteiger partial charge in [0.05, 0.1) is 16.6 Å². The first-order chi connectivity index (χ1) is 8.19. The minimum atomic E-state index is 0.509. The molecule has 4 nitrogen and oxygen atoms in total. The number of aromatic nitrogens is 2. The molecule has 88 valence electrons. The number of anilines is 2. The highest BCUT2D eigenvalue weighted by Crippen LogP contribution is 2.28. The van der Waals surface area contributed by atoms with Gasteiger partial charge >= 0.3 is 0 Å². The number of nitrogens with zero attached hydrogens (tertiary/aromatic N) is 2. The molecule has 0 saturated heterocycles. The Morgan fingerprint density at radius 1 is 1.29 bits per heavy atom. The highest BCUT2D eigenvalue weighted by molar-refractivity contribution is 9.10. The Hall–Kier alpha value is -1.33. The first-order valence-electron chi connectivity index (χ1n) is 4.77. The van der Waals surface area contributed by atoms with Gasteiger partial charge in [-0.1, -0.05) is 11.6 Å². The fraction of sp³-hybridized carbons (Fsp3) is 0.0909. The molecule has 0 spiro atoms. The quantitative estimate of drug-likeness (QED) is 0.939. The van der Waals surface area contributed by atoms with Crippen molar-refractivity contribution in [2.75, 3.05) is 12.4 Å². The van der Waals surface area contributed by atoms with E-state index in [-0.39, 0.29) is 0 Å². The minimum absolute atomic E-state index is 0.509. The molecule has 6 heteroatoms. The van der Waals surface area contributed by atoms with Crippen LogP contribution < -0.4 is 10.1 Å². The topological polar surface area (TPSA) is 47.0 Å². The van der Waals surface area contributed by atoms with Crippen LogP contribution in [-0.4, -0.2) is 17.1 Å². The zero-order valence-electron chi connectivity index (χ0n) is 8.95. The normalized spacial score (nSPS) is 10.1. The molecule has 0 atom stereocenters. The number of halogens is 2. The molecule has 2 rings (SSSR count). The van der Waals surface area contributed by atoms with E-state index in [0.717, 1.165) is 10.2 Å². The summed E-state index contributed by atoms with van der Waals surface area (Å²) in [5.41, 5.74) is 0.804. The van der Waals surface area contributed by atoms with Crippen LogP contribution in [0.5, 0.6) is 5.75 Å². The van der Waals surface area contributed by atoms with E-state index in [1.165, 1.54) is 0 Å². The van der Waals surface area contributed by atoms with Crippen molar-refractivity contribution in [2.24, 2.45) is 0 Å². The van der Waals surface area contributed by atoms with E-state index in [2.05, 4.69) is 31.2 Å². The Balaban J connectivity index is 2.19. The average Bonchev–Trinajstić information content (AvgIpc) is 2.32. The SMILES string of the molecule is COc1ccc(Nc2ncc(Br)cn2)cc1Cl. The van der Waals surface area contributed by atoms with Crippen LogP contribution in [-0.2, 0) is 0 Å². The van der Waals surface area contributed by atoms with Crippen LogP contribution in [0.2, 0.25) is 5.02 Å². The van der Waals surface area contributed by atoms with Gasteiger partial charge in [-0.05, 0) is 34.1 Å². The summed E-state index contributed by atoms with van der Waals surface area (Å²) in [6.07, 6.45) is 3.33. The summed E-state index contributed by atoms with van der Waals surface area (Å²) in [5, 5.41) is 3.58. The third-order valence-corrected chi connectivity index (χ3v) is 2.73. The van der Waals surface area contributed by atoms with Crippen LogP contribution >= 0.6 is 27.5 Å². The predicted molar refractivity (Wildman–Crippen MR) is 71.0 cm³/mol. The predicted octanol–water partition coefficient (Wildman–Crippen LogP) is 3.64. The molecule has 2 aromatic rings. The smallest absolute Gasteiger partial charge is 0.227 e. The maximum absolute atomic E-state index is 6.01. The third kappa shape index (κ3) is 3.08. The first-order valence-corrected chi connectivity index (χ1v) is 5.94. The van der Waals surface area contributed by atoms with Crippen molar-refractivity contribution < 1.29 is 4.74 Å². The van der Waals surface area contributed by atoms with Gasteiger partial charge in [-0.25, -0.2) is 9.97 Å². The van der Waals surface area contributed by atoms with Crippen LogP contribution in [0.15, 0.2) is 35.1 Å². The second kappa shape index (κ2) is 5.33. The molecular weight excluding hydrogens is 305 g/mol. The van der Waals surface area contributed by atoms with Gasteiger partial charge in [0.25, 0.3) is 0 Å². The molecule has 0 bridgehead atoms. The van der Waals surface area contributed by atoms with Crippen LogP contribution in [0.1, 0.15) is 0 Å². The van der Waals surface area contributed by atoms with E-state index in [4.69, 9.17) is 16.3 Å². The number of methoxy groups -OCH3 is 1. The molecule has 0 saturated carbocycles. The zero-order valence-corrected chi connectivity index (χ0v) is 11.3. The Morgan fingerprint density at radius 2 is 2.00 bits per heavy atom. The van der Waals surface area contributed by atoms with Gasteiger partial charge in [0.2, 0.25) is 5.95 Å². The molecule has 0 aliphatic rings. The van der Waals surface area contributed by atoms with Crippen LogP contribution in [0.3, 0.4) is 0 Å². The summed E-state index contributed by atoms with van der Waals surface area (Å²) in [7, 11) is 1.58. The van der Waals surface area contributed by atoms with Crippen molar-refractivity contribution in [1.29, 1.82) is 0 Å². The Labute approximate surface area is 112 Å². The van der Waals surface area contributed by atoms with Crippen LogP contribution in [0, 0.1) is 0 Å². The molecule has 1 heterocycles. The van der Waals surface area contributed by atoms with Crippen molar-refractivity contribution in [3.8, 4) is 5.75 Å². The molecule has 17 heavy (non-hydrogen) atoms. The van der Waals surface area contributed by atoms with Crippen LogP contribution in [0.25, 0.3) is 0 Å². The number of ether oxygens (including phenoxy) is 1. The number of nitrogens with one attached hydrogen (secondary N) is 1. The van der Waals surface area contributed by atoms with Gasteiger partial charge in [-0.2, -0.15) is 0 Å². The standard InChI is InChI=1S/C11H9BrClN3O/c1-17-10-3-2-8(4-9(10)13)16-11-14-5-7(12)6-15-11/h2-6H,1H3,(H,14,15,16). The Bertz CT molecular complexity index is 519. The lowest BCUT2D eigenvalue weighted by atomic mass is 10.3. The Morgan fingerprint density at radius 3 is 2.59 bits per heavy atom. The molecule has 0 unspecified atom stereocenters. The maximum Gasteiger partial charge on any atom is 0.227 e. The summed E-state index contributed by atoms with van der Waals surface area (Å²) in [6, 6.07) is 5.38. The lowest BCUT2D eigenvalue weighted by Gasteiger charge is -2.07. The van der Waals surface area contributed by atoms with Gasteiger partial charge in [-0.3, -0.25) is 0 Å². The molecule has 0 radical (unpaired) electrons. The van der Waals surface area contributed by atoms with Crippen molar-refractivity contribution in [2.45, 2.75) is 0 Å². The fourth-order valence-electron chi connectivity index (χ4n) is 1.25. The van der Waals surface area contributed by atoms with Crippen molar-refractivity contribution in [1.82, 2.24) is 9.97 Å².